The molecule has 0 radical (unpaired) electrons. The number of ether oxygens (including phenoxy) is 1. The van der Waals surface area contributed by atoms with Crippen molar-refractivity contribution in [1.82, 2.24) is 4.98 Å². The van der Waals surface area contributed by atoms with Gasteiger partial charge in [-0.05, 0) is 6.92 Å². The molecule has 1 heterocycles. The smallest absolute Gasteiger partial charge is 0.399 e. The summed E-state index contributed by atoms with van der Waals surface area (Å²) in [6.07, 6.45) is -4.43. The van der Waals surface area contributed by atoms with Gasteiger partial charge < -0.3 is 4.74 Å². The van der Waals surface area contributed by atoms with E-state index in [0.717, 1.165) is 11.3 Å². The van der Waals surface area contributed by atoms with Crippen molar-refractivity contribution in [3.8, 4) is 0 Å². The Morgan fingerprint density at radius 1 is 1.67 bits per heavy atom. The highest BCUT2D eigenvalue weighted by Crippen LogP contribution is 2.38. The van der Waals surface area contributed by atoms with Gasteiger partial charge in [0.05, 0.1) is 11.2 Å². The van der Waals surface area contributed by atoms with Crippen molar-refractivity contribution in [1.29, 1.82) is 0 Å². The first kappa shape index (κ1) is 12.0. The van der Waals surface area contributed by atoms with Gasteiger partial charge >= 0.3 is 6.18 Å². The monoisotopic (exact) mass is 239 g/mol. The van der Waals surface area contributed by atoms with Crippen molar-refractivity contribution in [3.63, 3.8) is 0 Å². The first-order valence-electron chi connectivity index (χ1n) is 3.98. The molecule has 0 N–H and O–H groups in total. The maximum Gasteiger partial charge on any atom is 0.399 e. The third kappa shape index (κ3) is 2.92. The van der Waals surface area contributed by atoms with Gasteiger partial charge in [0.15, 0.2) is 0 Å². The van der Waals surface area contributed by atoms with Crippen LogP contribution in [0.15, 0.2) is 5.51 Å². The maximum absolute atomic E-state index is 12.6. The summed E-state index contributed by atoms with van der Waals surface area (Å²) in [6.45, 7) is 0.802. The zero-order valence-corrected chi connectivity index (χ0v) is 8.56. The average molecular weight is 239 g/mol. The van der Waals surface area contributed by atoms with Gasteiger partial charge in [-0.3, -0.25) is 4.79 Å². The summed E-state index contributed by atoms with van der Waals surface area (Å²) in [7, 11) is 0. The van der Waals surface area contributed by atoms with E-state index >= 15 is 0 Å². The van der Waals surface area contributed by atoms with Crippen LogP contribution in [0.3, 0.4) is 0 Å². The number of aryl methyl sites for hydroxylation is 1. The number of halogens is 3. The van der Waals surface area contributed by atoms with Crippen LogP contribution in [0, 0.1) is 6.92 Å². The Morgan fingerprint density at radius 2 is 2.33 bits per heavy atom. The predicted octanol–water partition coefficient (Wildman–Crippen LogP) is 2.27. The summed E-state index contributed by atoms with van der Waals surface area (Å²) in [5.41, 5.74) is 1.65. The minimum Gasteiger partial charge on any atom is -0.467 e. The van der Waals surface area contributed by atoms with E-state index in [2.05, 4.69) is 9.72 Å². The van der Waals surface area contributed by atoms with Gasteiger partial charge in [0.1, 0.15) is 12.5 Å². The molecule has 0 saturated heterocycles. The van der Waals surface area contributed by atoms with E-state index in [1.165, 1.54) is 12.4 Å². The van der Waals surface area contributed by atoms with E-state index in [4.69, 9.17) is 0 Å². The van der Waals surface area contributed by atoms with Crippen molar-refractivity contribution in [2.45, 2.75) is 19.0 Å². The Labute approximate surface area is 87.9 Å². The molecule has 3 nitrogen and oxygen atoms in total. The molecule has 0 saturated carbocycles. The molecule has 1 rings (SSSR count). The Balaban J connectivity index is 2.91. The normalized spacial score (nSPS) is 13.6. The predicted molar refractivity (Wildman–Crippen MR) is 47.7 cm³/mol. The largest absolute Gasteiger partial charge is 0.467 e. The first-order chi connectivity index (χ1) is 6.96. The van der Waals surface area contributed by atoms with Crippen LogP contribution in [0.5, 0.6) is 0 Å². The van der Waals surface area contributed by atoms with Crippen LogP contribution in [0.25, 0.3) is 0 Å². The molecule has 1 unspecified atom stereocenters. The van der Waals surface area contributed by atoms with Crippen molar-refractivity contribution < 1.29 is 22.7 Å². The molecule has 1 aromatic heterocycles. The van der Waals surface area contributed by atoms with E-state index in [1.54, 1.807) is 0 Å². The summed E-state index contributed by atoms with van der Waals surface area (Å²) in [4.78, 5) is 13.7. The molecule has 1 atom stereocenters. The lowest BCUT2D eigenvalue weighted by Crippen LogP contribution is -2.25. The molecule has 0 bridgehead atoms. The van der Waals surface area contributed by atoms with Crippen LogP contribution in [-0.4, -0.2) is 24.2 Å². The number of rotatable bonds is 4. The number of hydrogen-bond donors (Lipinski definition) is 0. The number of carbonyl (C=O) groups is 1. The summed E-state index contributed by atoms with van der Waals surface area (Å²) in [5.74, 6) is -1.78. The van der Waals surface area contributed by atoms with Gasteiger partial charge in [-0.25, -0.2) is 4.98 Å². The van der Waals surface area contributed by atoms with Crippen molar-refractivity contribution in [3.05, 3.63) is 16.1 Å². The summed E-state index contributed by atoms with van der Waals surface area (Å²) < 4.78 is 41.9. The van der Waals surface area contributed by atoms with E-state index in [1.807, 2.05) is 0 Å². The van der Waals surface area contributed by atoms with E-state index in [-0.39, 0.29) is 11.3 Å². The summed E-state index contributed by atoms with van der Waals surface area (Å²) in [5, 5.41) is 0. The zero-order chi connectivity index (χ0) is 11.5. The lowest BCUT2D eigenvalue weighted by atomic mass is 10.1. The van der Waals surface area contributed by atoms with Crippen LogP contribution in [-0.2, 0) is 9.53 Å². The molecule has 0 aliphatic rings. The van der Waals surface area contributed by atoms with Gasteiger partial charge in [0.2, 0.25) is 0 Å². The Bertz CT molecular complexity index is 337. The molecule has 0 aliphatic heterocycles. The number of nitrogens with zero attached hydrogens (tertiary/aromatic N) is 1. The summed E-state index contributed by atoms with van der Waals surface area (Å²) in [6, 6.07) is 0. The third-order valence-corrected chi connectivity index (χ3v) is 2.87. The fraction of sp³-hybridized carbons (Fsp3) is 0.500. The number of thiazole rings is 1. The highest BCUT2D eigenvalue weighted by molar-refractivity contribution is 7.09. The molecule has 0 amide bonds. The van der Waals surface area contributed by atoms with E-state index in [9.17, 15) is 18.0 Å². The Morgan fingerprint density at radius 3 is 2.73 bits per heavy atom. The molecule has 0 spiro atoms. The van der Waals surface area contributed by atoms with Crippen LogP contribution in [0.2, 0.25) is 0 Å². The Hall–Kier alpha value is -1.11. The molecule has 7 heteroatoms. The number of hydrogen-bond acceptors (Lipinski definition) is 4. The van der Waals surface area contributed by atoms with E-state index in [0.29, 0.717) is 5.69 Å². The zero-order valence-electron chi connectivity index (χ0n) is 7.75. The first-order valence-corrected chi connectivity index (χ1v) is 4.86. The number of aromatic nitrogens is 1. The average Bonchev–Trinajstić information content (AvgIpc) is 2.51. The van der Waals surface area contributed by atoms with Crippen molar-refractivity contribution >= 4 is 17.8 Å². The topological polar surface area (TPSA) is 39.2 Å². The molecular formula is C8H8F3NO2S. The quantitative estimate of drug-likeness (QED) is 0.756. The van der Waals surface area contributed by atoms with Gasteiger partial charge in [-0.15, -0.1) is 11.3 Å². The fourth-order valence-electron chi connectivity index (χ4n) is 1.10. The van der Waals surface area contributed by atoms with Crippen molar-refractivity contribution in [2.24, 2.45) is 0 Å². The minimum atomic E-state index is -4.43. The minimum absolute atomic E-state index is 0.00904. The molecule has 0 fully saturated rings. The SMILES string of the molecule is Cc1ncsc1C(COC=O)C(F)(F)F. The maximum atomic E-state index is 12.6. The second-order valence-electron chi connectivity index (χ2n) is 2.83. The highest BCUT2D eigenvalue weighted by Gasteiger charge is 2.43. The second kappa shape index (κ2) is 4.61. The van der Waals surface area contributed by atoms with Gasteiger partial charge in [0, 0.05) is 4.88 Å². The molecule has 15 heavy (non-hydrogen) atoms. The van der Waals surface area contributed by atoms with Gasteiger partial charge in [-0.2, -0.15) is 13.2 Å². The third-order valence-electron chi connectivity index (χ3n) is 1.83. The molecule has 0 aromatic carbocycles. The number of alkyl halides is 3. The van der Waals surface area contributed by atoms with Crippen LogP contribution >= 0.6 is 11.3 Å². The molecule has 0 aliphatic carbocycles. The van der Waals surface area contributed by atoms with Crippen LogP contribution in [0.1, 0.15) is 16.5 Å². The molecule has 1 aromatic rings. The highest BCUT2D eigenvalue weighted by atomic mass is 32.1. The lowest BCUT2D eigenvalue weighted by molar-refractivity contribution is -0.164. The van der Waals surface area contributed by atoms with Crippen LogP contribution in [0.4, 0.5) is 13.2 Å². The van der Waals surface area contributed by atoms with Gasteiger partial charge in [-0.1, -0.05) is 0 Å². The van der Waals surface area contributed by atoms with E-state index < -0.39 is 18.7 Å². The van der Waals surface area contributed by atoms with Crippen molar-refractivity contribution in [2.75, 3.05) is 6.61 Å². The summed E-state index contributed by atoms with van der Waals surface area (Å²) >= 11 is 0.908. The molecular weight excluding hydrogens is 231 g/mol. The lowest BCUT2D eigenvalue weighted by Gasteiger charge is -2.18. The fourth-order valence-corrected chi connectivity index (χ4v) is 2.01. The number of carbonyl (C=O) groups excluding carboxylic acids is 1. The van der Waals surface area contributed by atoms with Gasteiger partial charge in [0.25, 0.3) is 6.47 Å². The van der Waals surface area contributed by atoms with Crippen LogP contribution < -0.4 is 0 Å². The second-order valence-corrected chi connectivity index (χ2v) is 3.71. The Kier molecular flexibility index (Phi) is 3.67. The molecule has 84 valence electrons. The standard InChI is InChI=1S/C8H8F3NO2S/c1-5-7(15-3-12-5)6(2-14-4-13)8(9,10)11/h3-4,6H,2H2,1H3.